The number of carbonyl (C=O) groups excluding carboxylic acids is 1. The third kappa shape index (κ3) is 2.93. The number of hydrogen-bond donors (Lipinski definition) is 0. The normalized spacial score (nSPS) is 16.6. The molecule has 3 rings (SSSR count). The maximum Gasteiger partial charge on any atom is 0.227 e. The molecule has 0 unspecified atom stereocenters. The zero-order valence-electron chi connectivity index (χ0n) is 12.7. The second kappa shape index (κ2) is 5.85. The Balaban J connectivity index is 1.66. The van der Waals surface area contributed by atoms with Gasteiger partial charge in [-0.25, -0.2) is 4.98 Å². The Hall–Kier alpha value is -1.88. The van der Waals surface area contributed by atoms with Gasteiger partial charge in [-0.3, -0.25) is 4.79 Å². The smallest absolute Gasteiger partial charge is 0.227 e. The summed E-state index contributed by atoms with van der Waals surface area (Å²) in [6, 6.07) is 6.10. The van der Waals surface area contributed by atoms with E-state index in [1.165, 1.54) is 0 Å². The van der Waals surface area contributed by atoms with E-state index in [4.69, 9.17) is 0 Å². The molecule has 0 atom stereocenters. The molecule has 2 aromatic rings. The Morgan fingerprint density at radius 3 is 2.71 bits per heavy atom. The average Bonchev–Trinajstić information content (AvgIpc) is 2.88. The quantitative estimate of drug-likeness (QED) is 0.853. The second-order valence-corrected chi connectivity index (χ2v) is 5.67. The zero-order valence-corrected chi connectivity index (χ0v) is 12.7. The van der Waals surface area contributed by atoms with Crippen molar-refractivity contribution in [1.82, 2.24) is 19.4 Å². The van der Waals surface area contributed by atoms with Gasteiger partial charge >= 0.3 is 0 Å². The summed E-state index contributed by atoms with van der Waals surface area (Å²) < 4.78 is 1.99. The van der Waals surface area contributed by atoms with Gasteiger partial charge in [0.15, 0.2) is 0 Å². The number of aromatic nitrogens is 2. The Kier molecular flexibility index (Phi) is 3.92. The molecule has 5 nitrogen and oxygen atoms in total. The van der Waals surface area contributed by atoms with Gasteiger partial charge in [0, 0.05) is 33.2 Å². The zero-order chi connectivity index (χ0) is 14.8. The number of aryl methyl sites for hydroxylation is 1. The first-order valence-electron chi connectivity index (χ1n) is 7.57. The molecule has 0 spiro atoms. The third-order valence-electron chi connectivity index (χ3n) is 4.32. The van der Waals surface area contributed by atoms with E-state index in [9.17, 15) is 4.79 Å². The van der Waals surface area contributed by atoms with E-state index >= 15 is 0 Å². The van der Waals surface area contributed by atoms with E-state index < -0.39 is 0 Å². The molecule has 21 heavy (non-hydrogen) atoms. The molecule has 1 aliphatic heterocycles. The van der Waals surface area contributed by atoms with E-state index in [1.807, 2.05) is 34.7 Å². The van der Waals surface area contributed by atoms with Crippen molar-refractivity contribution in [3.8, 4) is 0 Å². The van der Waals surface area contributed by atoms with Crippen LogP contribution in [-0.2, 0) is 18.3 Å². The van der Waals surface area contributed by atoms with Crippen molar-refractivity contribution >= 4 is 16.9 Å². The maximum atomic E-state index is 12.4. The highest BCUT2D eigenvalue weighted by molar-refractivity contribution is 5.82. The predicted molar refractivity (Wildman–Crippen MR) is 83.1 cm³/mol. The number of benzene rings is 1. The summed E-state index contributed by atoms with van der Waals surface area (Å²) in [6.07, 6.45) is 2.28. The fraction of sp³-hybridized carbons (Fsp3) is 0.500. The van der Waals surface area contributed by atoms with Gasteiger partial charge in [-0.1, -0.05) is 13.0 Å². The van der Waals surface area contributed by atoms with Gasteiger partial charge in [0.05, 0.1) is 23.8 Å². The molecule has 0 aliphatic carbocycles. The van der Waals surface area contributed by atoms with Gasteiger partial charge in [0.2, 0.25) is 5.91 Å². The number of imidazole rings is 1. The first kappa shape index (κ1) is 14.1. The SMILES string of the molecule is CCN1CCN(C(=O)Cc2ccc3c(c2)ncn3C)CC1. The predicted octanol–water partition coefficient (Wildman–Crippen LogP) is 1.28. The topological polar surface area (TPSA) is 41.4 Å². The summed E-state index contributed by atoms with van der Waals surface area (Å²) >= 11 is 0. The number of amides is 1. The monoisotopic (exact) mass is 286 g/mol. The highest BCUT2D eigenvalue weighted by Crippen LogP contribution is 2.15. The Morgan fingerprint density at radius 1 is 1.24 bits per heavy atom. The number of hydrogen-bond acceptors (Lipinski definition) is 3. The van der Waals surface area contributed by atoms with Gasteiger partial charge in [-0.15, -0.1) is 0 Å². The molecule has 1 fully saturated rings. The van der Waals surface area contributed by atoms with Crippen molar-refractivity contribution in [3.05, 3.63) is 30.1 Å². The number of rotatable bonds is 3. The van der Waals surface area contributed by atoms with Crippen LogP contribution in [0, 0.1) is 0 Å². The van der Waals surface area contributed by atoms with Gasteiger partial charge < -0.3 is 14.4 Å². The molecule has 112 valence electrons. The molecule has 1 amide bonds. The molecule has 1 saturated heterocycles. The van der Waals surface area contributed by atoms with Crippen LogP contribution in [0.15, 0.2) is 24.5 Å². The average molecular weight is 286 g/mol. The van der Waals surface area contributed by atoms with Crippen molar-refractivity contribution in [1.29, 1.82) is 0 Å². The highest BCUT2D eigenvalue weighted by atomic mass is 16.2. The fourth-order valence-electron chi connectivity index (χ4n) is 2.89. The van der Waals surface area contributed by atoms with Crippen LogP contribution in [0.4, 0.5) is 0 Å². The van der Waals surface area contributed by atoms with Crippen molar-refractivity contribution < 1.29 is 4.79 Å². The second-order valence-electron chi connectivity index (χ2n) is 5.67. The number of likely N-dealkylation sites (N-methyl/N-ethyl adjacent to an activating group) is 1. The lowest BCUT2D eigenvalue weighted by molar-refractivity contribution is -0.132. The number of fused-ring (bicyclic) bond motifs is 1. The molecular weight excluding hydrogens is 264 g/mol. The highest BCUT2D eigenvalue weighted by Gasteiger charge is 2.20. The minimum absolute atomic E-state index is 0.223. The lowest BCUT2D eigenvalue weighted by Crippen LogP contribution is -2.48. The van der Waals surface area contributed by atoms with Gasteiger partial charge in [0.25, 0.3) is 0 Å². The summed E-state index contributed by atoms with van der Waals surface area (Å²) in [6.45, 7) is 6.90. The van der Waals surface area contributed by atoms with Crippen LogP contribution in [0.25, 0.3) is 11.0 Å². The minimum Gasteiger partial charge on any atom is -0.340 e. The first-order chi connectivity index (χ1) is 10.2. The van der Waals surface area contributed by atoms with E-state index in [0.717, 1.165) is 49.3 Å². The van der Waals surface area contributed by atoms with Crippen LogP contribution in [0.1, 0.15) is 12.5 Å². The van der Waals surface area contributed by atoms with E-state index in [0.29, 0.717) is 6.42 Å². The Labute approximate surface area is 125 Å². The van der Waals surface area contributed by atoms with Crippen LogP contribution in [0.2, 0.25) is 0 Å². The number of nitrogens with zero attached hydrogens (tertiary/aromatic N) is 4. The molecular formula is C16H22N4O. The molecule has 1 aromatic carbocycles. The van der Waals surface area contributed by atoms with Crippen LogP contribution < -0.4 is 0 Å². The molecule has 1 aliphatic rings. The van der Waals surface area contributed by atoms with E-state index in [1.54, 1.807) is 6.33 Å². The lowest BCUT2D eigenvalue weighted by atomic mass is 10.1. The van der Waals surface area contributed by atoms with Gasteiger partial charge in [0.1, 0.15) is 0 Å². The van der Waals surface area contributed by atoms with E-state index in [-0.39, 0.29) is 5.91 Å². The molecule has 2 heterocycles. The van der Waals surface area contributed by atoms with Crippen LogP contribution >= 0.6 is 0 Å². The molecule has 0 saturated carbocycles. The van der Waals surface area contributed by atoms with Crippen molar-refractivity contribution in [3.63, 3.8) is 0 Å². The van der Waals surface area contributed by atoms with Crippen molar-refractivity contribution in [2.45, 2.75) is 13.3 Å². The fourth-order valence-corrected chi connectivity index (χ4v) is 2.89. The van der Waals surface area contributed by atoms with Gasteiger partial charge in [-0.05, 0) is 24.2 Å². The Bertz CT molecular complexity index is 641. The number of piperazine rings is 1. The summed E-state index contributed by atoms with van der Waals surface area (Å²) in [7, 11) is 1.98. The molecule has 0 N–H and O–H groups in total. The summed E-state index contributed by atoms with van der Waals surface area (Å²) in [5, 5.41) is 0. The summed E-state index contributed by atoms with van der Waals surface area (Å²) in [5.74, 6) is 0.223. The molecule has 1 aromatic heterocycles. The van der Waals surface area contributed by atoms with Crippen LogP contribution in [0.3, 0.4) is 0 Å². The standard InChI is InChI=1S/C16H22N4O/c1-3-19-6-8-20(9-7-19)16(21)11-13-4-5-15-14(10-13)17-12-18(15)2/h4-5,10,12H,3,6-9,11H2,1-2H3. The minimum atomic E-state index is 0.223. The van der Waals surface area contributed by atoms with Crippen LogP contribution in [-0.4, -0.2) is 58.0 Å². The van der Waals surface area contributed by atoms with Gasteiger partial charge in [-0.2, -0.15) is 0 Å². The molecule has 0 radical (unpaired) electrons. The summed E-state index contributed by atoms with van der Waals surface area (Å²) in [4.78, 5) is 21.1. The van der Waals surface area contributed by atoms with Crippen molar-refractivity contribution in [2.24, 2.45) is 7.05 Å². The number of carbonyl (C=O) groups is 1. The maximum absolute atomic E-state index is 12.4. The molecule has 0 bridgehead atoms. The largest absolute Gasteiger partial charge is 0.340 e. The Morgan fingerprint density at radius 2 is 2.00 bits per heavy atom. The van der Waals surface area contributed by atoms with Crippen LogP contribution in [0.5, 0.6) is 0 Å². The van der Waals surface area contributed by atoms with E-state index in [2.05, 4.69) is 16.8 Å². The first-order valence-corrected chi connectivity index (χ1v) is 7.57. The lowest BCUT2D eigenvalue weighted by Gasteiger charge is -2.34. The molecule has 5 heteroatoms. The van der Waals surface area contributed by atoms with Crippen molar-refractivity contribution in [2.75, 3.05) is 32.7 Å². The summed E-state index contributed by atoms with van der Waals surface area (Å²) in [5.41, 5.74) is 3.10. The third-order valence-corrected chi connectivity index (χ3v) is 4.32.